The van der Waals surface area contributed by atoms with Gasteiger partial charge in [0.25, 0.3) is 0 Å². The Bertz CT molecular complexity index is 1580. The van der Waals surface area contributed by atoms with E-state index in [1.54, 1.807) is 0 Å². The van der Waals surface area contributed by atoms with Crippen LogP contribution in [0.5, 0.6) is 11.5 Å². The first kappa shape index (κ1) is 34.5. The minimum absolute atomic E-state index is 0.0145. The molecule has 2 atom stereocenters. The van der Waals surface area contributed by atoms with Gasteiger partial charge in [0.05, 0.1) is 0 Å². The zero-order valence-corrected chi connectivity index (χ0v) is 30.2. The molecule has 0 unspecified atom stereocenters. The lowest BCUT2D eigenvalue weighted by Crippen LogP contribution is -2.23. The maximum absolute atomic E-state index is 11.6. The fourth-order valence-electron chi connectivity index (χ4n) is 6.44. The number of rotatable bonds is 8. The summed E-state index contributed by atoms with van der Waals surface area (Å²) in [5.41, 5.74) is 8.52. The second kappa shape index (κ2) is 14.9. The molecular formula is C42H52O2S2. The summed E-state index contributed by atoms with van der Waals surface area (Å²) in [6, 6.07) is 29.6. The van der Waals surface area contributed by atoms with E-state index in [4.69, 9.17) is 0 Å². The van der Waals surface area contributed by atoms with Gasteiger partial charge in [0, 0.05) is 38.7 Å². The number of phenols is 2. The third-order valence-corrected chi connectivity index (χ3v) is 12.4. The zero-order valence-electron chi connectivity index (χ0n) is 28.6. The molecule has 1 fully saturated rings. The first-order valence-corrected chi connectivity index (χ1v) is 19.1. The molecule has 244 valence electrons. The van der Waals surface area contributed by atoms with Gasteiger partial charge in [-0.05, 0) is 63.6 Å². The highest BCUT2D eigenvalue weighted by Gasteiger charge is 2.28. The molecule has 2 nitrogen and oxygen atoms in total. The molecule has 2 N–H and O–H groups in total. The van der Waals surface area contributed by atoms with Gasteiger partial charge < -0.3 is 10.2 Å². The van der Waals surface area contributed by atoms with E-state index in [2.05, 4.69) is 102 Å². The van der Waals surface area contributed by atoms with Crippen molar-refractivity contribution in [3.63, 3.8) is 0 Å². The maximum atomic E-state index is 11.6. The van der Waals surface area contributed by atoms with Crippen LogP contribution in [0, 0.1) is 0 Å². The Kier molecular flexibility index (Phi) is 11.2. The summed E-state index contributed by atoms with van der Waals surface area (Å²) in [7, 11) is 0. The topological polar surface area (TPSA) is 40.5 Å². The minimum Gasteiger partial charge on any atom is -0.507 e. The van der Waals surface area contributed by atoms with Crippen LogP contribution in [0.2, 0.25) is 0 Å². The van der Waals surface area contributed by atoms with Gasteiger partial charge in [-0.15, -0.1) is 0 Å². The van der Waals surface area contributed by atoms with Crippen molar-refractivity contribution >= 4 is 23.5 Å². The molecule has 4 aromatic rings. The van der Waals surface area contributed by atoms with Crippen molar-refractivity contribution in [3.05, 3.63) is 107 Å². The Morgan fingerprint density at radius 1 is 0.565 bits per heavy atom. The maximum Gasteiger partial charge on any atom is 0.127 e. The summed E-state index contributed by atoms with van der Waals surface area (Å²) >= 11 is 4.04. The van der Waals surface area contributed by atoms with Gasteiger partial charge in [-0.25, -0.2) is 0 Å². The highest BCUT2D eigenvalue weighted by molar-refractivity contribution is 8.03. The number of hydrogen-bond donors (Lipinski definition) is 2. The summed E-state index contributed by atoms with van der Waals surface area (Å²) in [6.45, 7) is 13.4. The van der Waals surface area contributed by atoms with Crippen molar-refractivity contribution in [2.24, 2.45) is 0 Å². The van der Waals surface area contributed by atoms with Crippen LogP contribution in [-0.2, 0) is 22.3 Å². The molecular weight excluding hydrogens is 601 g/mol. The molecule has 0 bridgehead atoms. The molecule has 0 saturated heterocycles. The van der Waals surface area contributed by atoms with Crippen LogP contribution in [0.3, 0.4) is 0 Å². The number of phenolic OH excluding ortho intramolecular Hbond substituents is 2. The average Bonchev–Trinajstić information content (AvgIpc) is 3.01. The Balaban J connectivity index is 1.42. The molecule has 0 heterocycles. The number of benzene rings is 4. The van der Waals surface area contributed by atoms with Crippen molar-refractivity contribution in [1.82, 2.24) is 0 Å². The van der Waals surface area contributed by atoms with Crippen LogP contribution in [0.1, 0.15) is 102 Å². The van der Waals surface area contributed by atoms with E-state index in [9.17, 15) is 10.2 Å². The van der Waals surface area contributed by atoms with E-state index in [1.165, 1.54) is 44.1 Å². The largest absolute Gasteiger partial charge is 0.507 e. The molecule has 46 heavy (non-hydrogen) atoms. The molecule has 0 aromatic heterocycles. The summed E-state index contributed by atoms with van der Waals surface area (Å²) < 4.78 is 0. The van der Waals surface area contributed by atoms with Gasteiger partial charge in [-0.3, -0.25) is 0 Å². The van der Waals surface area contributed by atoms with E-state index >= 15 is 0 Å². The Morgan fingerprint density at radius 2 is 1.09 bits per heavy atom. The average molecular weight is 653 g/mol. The molecule has 4 aromatic carbocycles. The molecule has 0 amide bonds. The van der Waals surface area contributed by atoms with Crippen LogP contribution >= 0.6 is 23.5 Å². The van der Waals surface area contributed by atoms with Crippen LogP contribution in [-0.4, -0.2) is 20.7 Å². The van der Waals surface area contributed by atoms with Gasteiger partial charge in [0.15, 0.2) is 0 Å². The fourth-order valence-corrected chi connectivity index (χ4v) is 9.51. The lowest BCUT2D eigenvalue weighted by atomic mass is 9.79. The smallest absolute Gasteiger partial charge is 0.127 e. The molecule has 0 spiro atoms. The first-order valence-electron chi connectivity index (χ1n) is 17.0. The van der Waals surface area contributed by atoms with Crippen LogP contribution in [0.15, 0.2) is 84.9 Å². The Hall–Kier alpha value is -2.82. The monoisotopic (exact) mass is 652 g/mol. The third-order valence-electron chi connectivity index (χ3n) is 9.29. The van der Waals surface area contributed by atoms with Gasteiger partial charge in [0.2, 0.25) is 0 Å². The highest BCUT2D eigenvalue weighted by atomic mass is 32.2. The molecule has 0 aliphatic heterocycles. The Morgan fingerprint density at radius 3 is 1.61 bits per heavy atom. The summed E-state index contributed by atoms with van der Waals surface area (Å²) in [6.07, 6.45) is 7.48. The quantitative estimate of drug-likeness (QED) is 0.199. The lowest BCUT2D eigenvalue weighted by molar-refractivity contribution is 0.440. The Labute approximate surface area is 286 Å². The molecule has 5 rings (SSSR count). The second-order valence-electron chi connectivity index (χ2n) is 15.0. The van der Waals surface area contributed by atoms with E-state index in [1.807, 2.05) is 47.8 Å². The van der Waals surface area contributed by atoms with E-state index in [0.717, 1.165) is 50.4 Å². The van der Waals surface area contributed by atoms with Gasteiger partial charge in [-0.2, -0.15) is 23.5 Å². The first-order chi connectivity index (χ1) is 21.9. The molecule has 1 aliphatic rings. The summed E-state index contributed by atoms with van der Waals surface area (Å²) in [4.78, 5) is 0. The van der Waals surface area contributed by atoms with Crippen molar-refractivity contribution in [2.45, 2.75) is 113 Å². The number of aromatic hydroxyl groups is 2. The highest BCUT2D eigenvalue weighted by Crippen LogP contribution is 2.44. The van der Waals surface area contributed by atoms with Crippen molar-refractivity contribution in [1.29, 1.82) is 0 Å². The van der Waals surface area contributed by atoms with Crippen molar-refractivity contribution in [2.75, 3.05) is 0 Å². The summed E-state index contributed by atoms with van der Waals surface area (Å²) in [5.74, 6) is 2.45. The van der Waals surface area contributed by atoms with E-state index in [0.29, 0.717) is 22.0 Å². The molecule has 4 heteroatoms. The number of hydrogen-bond acceptors (Lipinski definition) is 4. The van der Waals surface area contributed by atoms with Crippen molar-refractivity contribution in [3.8, 4) is 33.8 Å². The van der Waals surface area contributed by atoms with Crippen molar-refractivity contribution < 1.29 is 10.2 Å². The second-order valence-corrected chi connectivity index (χ2v) is 17.4. The predicted molar refractivity (Wildman–Crippen MR) is 202 cm³/mol. The zero-order chi connectivity index (χ0) is 32.9. The lowest BCUT2D eigenvalue weighted by Gasteiger charge is -2.30. The predicted octanol–water partition coefficient (Wildman–Crippen LogP) is 12.3. The SMILES string of the molecule is CC(C)(C)c1cc(CS[C@H]2CCCCCC[C@@H]2SCc2cc(-c3ccccc3)cc(-c3ccccc3)c2O)c(O)c(C(C)(C)C)c1. The minimum atomic E-state index is -0.127. The van der Waals surface area contributed by atoms with Crippen LogP contribution in [0.25, 0.3) is 22.3 Å². The standard InChI is InChI=1S/C42H52O2S2/c1-41(2,3)34-24-33(40(44)36(26-34)42(4,5)6)28-46-38-22-16-8-7-15-21-37(38)45-27-32-23-31(29-17-11-9-12-18-29)25-35(39(32)43)30-19-13-10-14-20-30/h9-14,17-20,23-26,37-38,43-44H,7-8,15-16,21-22,27-28H2,1-6H3/t37-,38-/m0/s1. The number of thioether (sulfide) groups is 2. The van der Waals surface area contributed by atoms with E-state index in [-0.39, 0.29) is 10.8 Å². The molecule has 1 aliphatic carbocycles. The third kappa shape index (κ3) is 8.55. The molecule has 1 saturated carbocycles. The van der Waals surface area contributed by atoms with E-state index < -0.39 is 0 Å². The van der Waals surface area contributed by atoms with Gasteiger partial charge in [0.1, 0.15) is 11.5 Å². The van der Waals surface area contributed by atoms with Crippen LogP contribution < -0.4 is 0 Å². The van der Waals surface area contributed by atoms with Gasteiger partial charge >= 0.3 is 0 Å². The van der Waals surface area contributed by atoms with Crippen LogP contribution in [0.4, 0.5) is 0 Å². The fraction of sp³-hybridized carbons (Fsp3) is 0.429. The molecule has 0 radical (unpaired) electrons. The van der Waals surface area contributed by atoms with Gasteiger partial charge in [-0.1, -0.05) is 140 Å². The summed E-state index contributed by atoms with van der Waals surface area (Å²) in [5, 5.41) is 24.1. The normalized spacial score (nSPS) is 17.8.